The summed E-state index contributed by atoms with van der Waals surface area (Å²) in [6, 6.07) is 3.75. The number of aromatic nitrogens is 3. The van der Waals surface area contributed by atoms with Crippen molar-refractivity contribution in [3.8, 4) is 11.8 Å². The van der Waals surface area contributed by atoms with Crippen LogP contribution < -0.4 is 14.8 Å². The molecular weight excluding hydrogens is 384 g/mol. The van der Waals surface area contributed by atoms with E-state index in [-0.39, 0.29) is 22.9 Å². The van der Waals surface area contributed by atoms with E-state index >= 15 is 0 Å². The molecule has 1 N–H and O–H groups in total. The summed E-state index contributed by atoms with van der Waals surface area (Å²) in [6.07, 6.45) is 6.82. The van der Waals surface area contributed by atoms with Crippen molar-refractivity contribution in [2.45, 2.75) is 32.5 Å². The first-order chi connectivity index (χ1) is 13.6. The molecule has 2 aromatic rings. The first-order valence-corrected chi connectivity index (χ1v) is 9.50. The van der Waals surface area contributed by atoms with Gasteiger partial charge < -0.3 is 19.5 Å². The van der Waals surface area contributed by atoms with Gasteiger partial charge in [-0.1, -0.05) is 17.7 Å². The van der Waals surface area contributed by atoms with Crippen LogP contribution in [0.25, 0.3) is 0 Å². The minimum absolute atomic E-state index is 0.0472. The molecule has 0 atom stereocenters. The summed E-state index contributed by atoms with van der Waals surface area (Å²) in [5, 5.41) is 2.96. The van der Waals surface area contributed by atoms with Crippen LogP contribution in [-0.2, 0) is 16.1 Å². The molecule has 1 saturated carbocycles. The molecule has 150 valence electrons. The van der Waals surface area contributed by atoms with E-state index in [0.717, 1.165) is 18.4 Å². The molecule has 0 saturated heterocycles. The Kier molecular flexibility index (Phi) is 7.39. The van der Waals surface area contributed by atoms with Crippen LogP contribution >= 0.6 is 11.6 Å². The Morgan fingerprint density at radius 2 is 2.07 bits per heavy atom. The van der Waals surface area contributed by atoms with Gasteiger partial charge in [-0.2, -0.15) is 0 Å². The number of amides is 1. The molecule has 0 aromatic carbocycles. The lowest BCUT2D eigenvalue weighted by Gasteiger charge is -2.34. The topological polar surface area (TPSA) is 95.5 Å². The van der Waals surface area contributed by atoms with Gasteiger partial charge in [0, 0.05) is 31.4 Å². The third-order valence-corrected chi connectivity index (χ3v) is 4.62. The number of carbonyl (C=O) groups is 1. The van der Waals surface area contributed by atoms with Gasteiger partial charge in [0.05, 0.1) is 19.3 Å². The van der Waals surface area contributed by atoms with E-state index in [4.69, 9.17) is 25.8 Å². The maximum atomic E-state index is 10.8. The van der Waals surface area contributed by atoms with E-state index in [1.165, 1.54) is 13.3 Å². The summed E-state index contributed by atoms with van der Waals surface area (Å²) < 4.78 is 17.1. The third kappa shape index (κ3) is 6.03. The Balaban J connectivity index is 1.39. The average Bonchev–Trinajstić information content (AvgIpc) is 2.66. The fourth-order valence-electron chi connectivity index (χ4n) is 2.77. The van der Waals surface area contributed by atoms with Gasteiger partial charge >= 0.3 is 0 Å². The molecule has 0 unspecified atom stereocenters. The highest BCUT2D eigenvalue weighted by Gasteiger charge is 2.30. The Hall–Kier alpha value is -2.45. The van der Waals surface area contributed by atoms with Crippen LogP contribution in [0.15, 0.2) is 30.9 Å². The molecule has 9 heteroatoms. The van der Waals surface area contributed by atoms with Gasteiger partial charge in [-0.15, -0.1) is 0 Å². The SMILES string of the molecule is CC(=O)NCCOC1CC(COc2ncnc(OCc3cccnc3)c2Cl)C1. The molecule has 28 heavy (non-hydrogen) atoms. The molecule has 0 radical (unpaired) electrons. The van der Waals surface area contributed by atoms with E-state index in [1.54, 1.807) is 12.4 Å². The normalized spacial score (nSPS) is 18.2. The summed E-state index contributed by atoms with van der Waals surface area (Å²) in [5.41, 5.74) is 0.915. The van der Waals surface area contributed by atoms with Crippen molar-refractivity contribution in [1.82, 2.24) is 20.3 Å². The highest BCUT2D eigenvalue weighted by molar-refractivity contribution is 6.33. The molecule has 8 nitrogen and oxygen atoms in total. The van der Waals surface area contributed by atoms with E-state index in [1.807, 2.05) is 12.1 Å². The summed E-state index contributed by atoms with van der Waals surface area (Å²) >= 11 is 6.31. The van der Waals surface area contributed by atoms with Crippen molar-refractivity contribution in [2.75, 3.05) is 19.8 Å². The van der Waals surface area contributed by atoms with E-state index in [0.29, 0.717) is 38.2 Å². The summed E-state index contributed by atoms with van der Waals surface area (Å²) in [6.45, 7) is 3.36. The minimum Gasteiger partial charge on any atom is -0.476 e. The van der Waals surface area contributed by atoms with E-state index in [9.17, 15) is 4.79 Å². The molecule has 1 aliphatic carbocycles. The predicted molar refractivity (Wildman–Crippen MR) is 102 cm³/mol. The lowest BCUT2D eigenvalue weighted by molar-refractivity contribution is -0.119. The number of nitrogens with one attached hydrogen (secondary N) is 1. The lowest BCUT2D eigenvalue weighted by Crippen LogP contribution is -2.37. The second kappa shape index (κ2) is 10.2. The number of carbonyl (C=O) groups excluding carboxylic acids is 1. The van der Waals surface area contributed by atoms with Gasteiger partial charge in [-0.3, -0.25) is 9.78 Å². The van der Waals surface area contributed by atoms with Gasteiger partial charge in [0.15, 0.2) is 5.02 Å². The molecule has 1 fully saturated rings. The molecule has 0 bridgehead atoms. The van der Waals surface area contributed by atoms with E-state index in [2.05, 4.69) is 20.3 Å². The number of rotatable bonds is 10. The second-order valence-electron chi connectivity index (χ2n) is 6.57. The van der Waals surface area contributed by atoms with Crippen LogP contribution in [0.3, 0.4) is 0 Å². The summed E-state index contributed by atoms with van der Waals surface area (Å²) in [4.78, 5) is 23.0. The molecule has 0 aliphatic heterocycles. The number of nitrogens with zero attached hydrogens (tertiary/aromatic N) is 3. The molecule has 1 aliphatic rings. The van der Waals surface area contributed by atoms with Crippen molar-refractivity contribution in [2.24, 2.45) is 5.92 Å². The molecule has 3 rings (SSSR count). The fourth-order valence-corrected chi connectivity index (χ4v) is 2.98. The lowest BCUT2D eigenvalue weighted by atomic mass is 9.83. The smallest absolute Gasteiger partial charge is 0.240 e. The van der Waals surface area contributed by atoms with Crippen LogP contribution in [0.2, 0.25) is 5.02 Å². The minimum atomic E-state index is -0.0472. The predicted octanol–water partition coefficient (Wildman–Crippen LogP) is 2.41. The summed E-state index contributed by atoms with van der Waals surface area (Å²) in [7, 11) is 0. The van der Waals surface area contributed by atoms with Crippen LogP contribution in [-0.4, -0.2) is 46.7 Å². The fraction of sp³-hybridized carbons (Fsp3) is 0.474. The summed E-state index contributed by atoms with van der Waals surface area (Å²) in [5.74, 6) is 0.932. The van der Waals surface area contributed by atoms with Crippen molar-refractivity contribution in [3.05, 3.63) is 41.4 Å². The number of pyridine rings is 1. The average molecular weight is 407 g/mol. The largest absolute Gasteiger partial charge is 0.476 e. The highest BCUT2D eigenvalue weighted by atomic mass is 35.5. The Bertz CT molecular complexity index is 772. The zero-order chi connectivity index (χ0) is 19.8. The molecular formula is C19H23ClN4O4. The standard InChI is InChI=1S/C19H23ClN4O4/c1-13(25)22-5-6-26-16-7-15(8-16)11-28-19-17(20)18(23-12-24-19)27-10-14-3-2-4-21-9-14/h2-4,9,12,15-16H,5-8,10-11H2,1H3,(H,22,25). The van der Waals surface area contributed by atoms with Crippen LogP contribution in [0, 0.1) is 5.92 Å². The van der Waals surface area contributed by atoms with Gasteiger partial charge in [0.2, 0.25) is 17.7 Å². The molecule has 1 amide bonds. The quantitative estimate of drug-likeness (QED) is 0.605. The number of ether oxygens (including phenoxy) is 3. The van der Waals surface area contributed by atoms with Gasteiger partial charge in [0.25, 0.3) is 0 Å². The number of halogens is 1. The van der Waals surface area contributed by atoms with Gasteiger partial charge in [-0.05, 0) is 24.8 Å². The zero-order valence-electron chi connectivity index (χ0n) is 15.6. The maximum Gasteiger partial charge on any atom is 0.240 e. The Labute approximate surface area is 168 Å². The third-order valence-electron chi connectivity index (χ3n) is 4.30. The van der Waals surface area contributed by atoms with Crippen LogP contribution in [0.5, 0.6) is 11.8 Å². The van der Waals surface area contributed by atoms with Crippen LogP contribution in [0.4, 0.5) is 0 Å². The van der Waals surface area contributed by atoms with Crippen molar-refractivity contribution in [3.63, 3.8) is 0 Å². The van der Waals surface area contributed by atoms with Crippen molar-refractivity contribution < 1.29 is 19.0 Å². The number of hydrogen-bond donors (Lipinski definition) is 1. The van der Waals surface area contributed by atoms with E-state index < -0.39 is 0 Å². The Morgan fingerprint density at radius 1 is 1.29 bits per heavy atom. The highest BCUT2D eigenvalue weighted by Crippen LogP contribution is 2.33. The first-order valence-electron chi connectivity index (χ1n) is 9.13. The maximum absolute atomic E-state index is 10.8. The van der Waals surface area contributed by atoms with Gasteiger partial charge in [0.1, 0.15) is 12.9 Å². The zero-order valence-corrected chi connectivity index (χ0v) is 16.4. The van der Waals surface area contributed by atoms with Crippen molar-refractivity contribution in [1.29, 1.82) is 0 Å². The monoisotopic (exact) mass is 406 g/mol. The molecule has 0 spiro atoms. The molecule has 2 heterocycles. The molecule has 2 aromatic heterocycles. The first kappa shape index (κ1) is 20.3. The van der Waals surface area contributed by atoms with Gasteiger partial charge in [-0.25, -0.2) is 9.97 Å². The van der Waals surface area contributed by atoms with Crippen LogP contribution in [0.1, 0.15) is 25.3 Å². The second-order valence-corrected chi connectivity index (χ2v) is 6.95. The van der Waals surface area contributed by atoms with Crippen molar-refractivity contribution >= 4 is 17.5 Å². The number of hydrogen-bond acceptors (Lipinski definition) is 7. The Morgan fingerprint density at radius 3 is 2.79 bits per heavy atom.